The molecule has 102 valence electrons. The molecule has 0 bridgehead atoms. The zero-order chi connectivity index (χ0) is 14.0. The molecule has 2 rings (SSSR count). The van der Waals surface area contributed by atoms with E-state index in [0.29, 0.717) is 18.5 Å². The van der Waals surface area contributed by atoms with Crippen molar-refractivity contribution >= 4 is 23.4 Å². The zero-order valence-electron chi connectivity index (χ0n) is 10.2. The fourth-order valence-corrected chi connectivity index (χ4v) is 2.33. The predicted octanol–water partition coefficient (Wildman–Crippen LogP) is 0.187. The van der Waals surface area contributed by atoms with E-state index in [0.717, 1.165) is 0 Å². The Balaban J connectivity index is 2.21. The van der Waals surface area contributed by atoms with Gasteiger partial charge >= 0.3 is 0 Å². The highest BCUT2D eigenvalue weighted by Crippen LogP contribution is 2.24. The summed E-state index contributed by atoms with van der Waals surface area (Å²) in [5.41, 5.74) is 3.81. The van der Waals surface area contributed by atoms with Crippen LogP contribution in [-0.4, -0.2) is 45.5 Å². The number of hydrogen-bond donors (Lipinski definition) is 2. The molecule has 19 heavy (non-hydrogen) atoms. The third-order valence-electron chi connectivity index (χ3n) is 3.22. The summed E-state index contributed by atoms with van der Waals surface area (Å²) in [6.07, 6.45) is 3.60. The molecule has 6 nitrogen and oxygen atoms in total. The van der Waals surface area contributed by atoms with E-state index in [9.17, 15) is 14.7 Å². The molecular weight excluding hydrogens is 270 g/mol. The van der Waals surface area contributed by atoms with Crippen LogP contribution in [0.5, 0.6) is 0 Å². The lowest BCUT2D eigenvalue weighted by atomic mass is 9.92. The van der Waals surface area contributed by atoms with Gasteiger partial charge in [0.1, 0.15) is 0 Å². The van der Waals surface area contributed by atoms with Crippen LogP contribution < -0.4 is 5.73 Å². The molecule has 0 aromatic carbocycles. The molecule has 1 aromatic rings. The normalized spacial score (nSPS) is 23.2. The Bertz CT molecular complexity index is 523. The third kappa shape index (κ3) is 2.69. The van der Waals surface area contributed by atoms with Crippen molar-refractivity contribution < 1.29 is 14.7 Å². The lowest BCUT2D eigenvalue weighted by Gasteiger charge is -2.37. The highest BCUT2D eigenvalue weighted by molar-refractivity contribution is 6.33. The van der Waals surface area contributed by atoms with Crippen LogP contribution in [0.3, 0.4) is 0 Å². The molecule has 2 amide bonds. The van der Waals surface area contributed by atoms with Crippen molar-refractivity contribution in [1.82, 2.24) is 9.88 Å². The van der Waals surface area contributed by atoms with Crippen molar-refractivity contribution in [2.75, 3.05) is 13.1 Å². The second-order valence-electron chi connectivity index (χ2n) is 4.58. The number of primary amides is 1. The van der Waals surface area contributed by atoms with E-state index in [1.165, 1.54) is 23.4 Å². The molecule has 1 aromatic heterocycles. The zero-order valence-corrected chi connectivity index (χ0v) is 10.9. The van der Waals surface area contributed by atoms with Crippen molar-refractivity contribution in [1.29, 1.82) is 0 Å². The Hall–Kier alpha value is -1.66. The van der Waals surface area contributed by atoms with Gasteiger partial charge in [-0.3, -0.25) is 14.6 Å². The molecule has 0 aliphatic carbocycles. The third-order valence-corrected chi connectivity index (χ3v) is 3.52. The van der Waals surface area contributed by atoms with Crippen molar-refractivity contribution in [3.8, 4) is 0 Å². The second-order valence-corrected chi connectivity index (χ2v) is 4.99. The fourth-order valence-electron chi connectivity index (χ4n) is 2.13. The molecule has 0 unspecified atom stereocenters. The Morgan fingerprint density at radius 2 is 2.26 bits per heavy atom. The van der Waals surface area contributed by atoms with Crippen LogP contribution in [0.1, 0.15) is 23.2 Å². The molecule has 7 heteroatoms. The lowest BCUT2D eigenvalue weighted by molar-refractivity contribution is -0.140. The van der Waals surface area contributed by atoms with Crippen LogP contribution in [0.4, 0.5) is 0 Å². The van der Waals surface area contributed by atoms with Gasteiger partial charge in [0.05, 0.1) is 17.1 Å². The molecule has 3 N–H and O–H groups in total. The number of β-amino-alcohol motifs (C(OH)–C–C–N with tert-alkyl or cyclic N) is 1. The minimum Gasteiger partial charge on any atom is -0.378 e. The number of rotatable bonds is 2. The number of carbonyl (C=O) groups excluding carboxylic acids is 2. The van der Waals surface area contributed by atoms with Crippen LogP contribution in [0, 0.1) is 0 Å². The number of halogens is 1. The summed E-state index contributed by atoms with van der Waals surface area (Å²) in [5.74, 6) is -1.15. The van der Waals surface area contributed by atoms with Gasteiger partial charge in [-0.25, -0.2) is 0 Å². The Morgan fingerprint density at radius 1 is 1.53 bits per heavy atom. The Morgan fingerprint density at radius 3 is 2.89 bits per heavy atom. The smallest absolute Gasteiger partial charge is 0.255 e. The number of piperidine rings is 1. The van der Waals surface area contributed by atoms with Gasteiger partial charge in [-0.2, -0.15) is 0 Å². The van der Waals surface area contributed by atoms with Crippen molar-refractivity contribution in [2.45, 2.75) is 18.4 Å². The van der Waals surface area contributed by atoms with Crippen molar-refractivity contribution in [3.05, 3.63) is 29.0 Å². The van der Waals surface area contributed by atoms with Gasteiger partial charge in [0.15, 0.2) is 5.60 Å². The first-order chi connectivity index (χ1) is 8.94. The maximum absolute atomic E-state index is 12.3. The van der Waals surface area contributed by atoms with Gasteiger partial charge < -0.3 is 15.7 Å². The van der Waals surface area contributed by atoms with E-state index in [-0.39, 0.29) is 23.9 Å². The number of nitrogens with two attached hydrogens (primary N) is 1. The fraction of sp³-hybridized carbons (Fsp3) is 0.417. The molecular formula is C12H14ClN3O3. The number of amides is 2. The molecule has 2 heterocycles. The maximum Gasteiger partial charge on any atom is 0.255 e. The van der Waals surface area contributed by atoms with E-state index >= 15 is 0 Å². The van der Waals surface area contributed by atoms with Gasteiger partial charge in [-0.15, -0.1) is 0 Å². The number of nitrogens with zero attached hydrogens (tertiary/aromatic N) is 2. The van der Waals surface area contributed by atoms with Gasteiger partial charge in [0, 0.05) is 18.9 Å². The minimum atomic E-state index is -1.66. The number of hydrogen-bond acceptors (Lipinski definition) is 4. The minimum absolute atomic E-state index is 0.111. The summed E-state index contributed by atoms with van der Waals surface area (Å²) in [4.78, 5) is 28.7. The van der Waals surface area contributed by atoms with E-state index in [4.69, 9.17) is 17.3 Å². The standard InChI is InChI=1S/C12H14ClN3O3/c13-9-6-15-4-2-8(9)10(17)16-5-1-3-12(19,7-16)11(14)18/h2,4,6,19H,1,3,5,7H2,(H2,14,18)/t12-/m0/s1. The average molecular weight is 284 g/mol. The number of pyridine rings is 1. The second kappa shape index (κ2) is 5.14. The average Bonchev–Trinajstić information content (AvgIpc) is 2.38. The van der Waals surface area contributed by atoms with Crippen LogP contribution in [0.2, 0.25) is 5.02 Å². The Labute approximate surface area is 115 Å². The molecule has 1 atom stereocenters. The quantitative estimate of drug-likeness (QED) is 0.809. The summed E-state index contributed by atoms with van der Waals surface area (Å²) in [6, 6.07) is 1.50. The topological polar surface area (TPSA) is 96.5 Å². The van der Waals surface area contributed by atoms with Gasteiger partial charge in [0.25, 0.3) is 11.8 Å². The number of aliphatic hydroxyl groups is 1. The molecule has 1 aliphatic heterocycles. The predicted molar refractivity (Wildman–Crippen MR) is 68.5 cm³/mol. The lowest BCUT2D eigenvalue weighted by Crippen LogP contribution is -2.57. The van der Waals surface area contributed by atoms with Crippen molar-refractivity contribution in [3.63, 3.8) is 0 Å². The van der Waals surface area contributed by atoms with Crippen LogP contribution in [0.25, 0.3) is 0 Å². The van der Waals surface area contributed by atoms with Crippen molar-refractivity contribution in [2.24, 2.45) is 5.73 Å². The van der Waals surface area contributed by atoms with Crippen LogP contribution in [0.15, 0.2) is 18.5 Å². The number of aromatic nitrogens is 1. The summed E-state index contributed by atoms with van der Waals surface area (Å²) in [6.45, 7) is 0.340. The first-order valence-electron chi connectivity index (χ1n) is 5.85. The summed E-state index contributed by atoms with van der Waals surface area (Å²) >= 11 is 5.91. The summed E-state index contributed by atoms with van der Waals surface area (Å²) in [5, 5.41) is 10.3. The first-order valence-corrected chi connectivity index (χ1v) is 6.23. The SMILES string of the molecule is NC(=O)[C@]1(O)CCCN(C(=O)c2ccncc2Cl)C1. The monoisotopic (exact) mass is 283 g/mol. The highest BCUT2D eigenvalue weighted by atomic mass is 35.5. The van der Waals surface area contributed by atoms with Crippen LogP contribution >= 0.6 is 11.6 Å². The molecule has 0 spiro atoms. The molecule has 0 radical (unpaired) electrons. The van der Waals surface area contributed by atoms with Gasteiger partial charge in [-0.05, 0) is 18.9 Å². The molecule has 1 fully saturated rings. The van der Waals surface area contributed by atoms with Gasteiger partial charge in [0.2, 0.25) is 0 Å². The van der Waals surface area contributed by atoms with E-state index in [2.05, 4.69) is 4.98 Å². The first kappa shape index (κ1) is 13.8. The molecule has 1 saturated heterocycles. The molecule has 1 aliphatic rings. The largest absolute Gasteiger partial charge is 0.378 e. The van der Waals surface area contributed by atoms with E-state index < -0.39 is 11.5 Å². The van der Waals surface area contributed by atoms with E-state index in [1.54, 1.807) is 0 Å². The maximum atomic E-state index is 12.3. The highest BCUT2D eigenvalue weighted by Gasteiger charge is 2.40. The molecule has 0 saturated carbocycles. The number of carbonyl (C=O) groups is 2. The number of likely N-dealkylation sites (tertiary alicyclic amines) is 1. The van der Waals surface area contributed by atoms with Crippen LogP contribution in [-0.2, 0) is 4.79 Å². The van der Waals surface area contributed by atoms with E-state index in [1.807, 2.05) is 0 Å². The summed E-state index contributed by atoms with van der Waals surface area (Å²) < 4.78 is 0. The summed E-state index contributed by atoms with van der Waals surface area (Å²) in [7, 11) is 0. The van der Waals surface area contributed by atoms with Gasteiger partial charge in [-0.1, -0.05) is 11.6 Å². The Kier molecular flexibility index (Phi) is 3.73.